The van der Waals surface area contributed by atoms with Crippen LogP contribution < -0.4 is 5.73 Å². The molecule has 0 rings (SSSR count). The number of allylic oxidation sites excluding steroid dienone is 1. The van der Waals surface area contributed by atoms with Crippen molar-refractivity contribution in [1.29, 1.82) is 0 Å². The molecule has 0 aliphatic carbocycles. The maximum atomic E-state index is 9.70. The molecule has 0 aliphatic heterocycles. The van der Waals surface area contributed by atoms with E-state index in [9.17, 15) is 4.79 Å². The second kappa shape index (κ2) is 7.12. The molecular weight excluding hydrogens is 142 g/mol. The third-order valence-electron chi connectivity index (χ3n) is 0.827. The Morgan fingerprint density at radius 1 is 1.45 bits per heavy atom. The quantitative estimate of drug-likeness (QED) is 0.610. The number of nitrogens with two attached hydrogens (primary N) is 1. The minimum atomic E-state index is -0.741. The van der Waals surface area contributed by atoms with E-state index >= 15 is 0 Å². The van der Waals surface area contributed by atoms with Crippen LogP contribution in [0, 0.1) is 5.92 Å². The number of hydrogen-bond acceptors (Lipinski definition) is 2. The van der Waals surface area contributed by atoms with Gasteiger partial charge in [-0.15, -0.1) is 0 Å². The topological polar surface area (TPSA) is 63.3 Å². The van der Waals surface area contributed by atoms with Crippen LogP contribution in [-0.4, -0.2) is 11.1 Å². The van der Waals surface area contributed by atoms with Gasteiger partial charge in [-0.25, -0.2) is 0 Å². The van der Waals surface area contributed by atoms with E-state index in [1.54, 1.807) is 20.0 Å². The molecule has 0 saturated carbocycles. The van der Waals surface area contributed by atoms with Crippen molar-refractivity contribution < 1.29 is 9.90 Å². The highest BCUT2D eigenvalue weighted by Gasteiger charge is 1.99. The SMILES string of the molecule is CC(C)=CN.CC(C)C(=O)O. The van der Waals surface area contributed by atoms with Gasteiger partial charge in [-0.1, -0.05) is 19.4 Å². The summed E-state index contributed by atoms with van der Waals surface area (Å²) in [4.78, 5) is 9.70. The molecule has 0 heterocycles. The number of rotatable bonds is 1. The molecule has 66 valence electrons. The van der Waals surface area contributed by atoms with E-state index in [2.05, 4.69) is 0 Å². The van der Waals surface area contributed by atoms with Crippen molar-refractivity contribution in [2.24, 2.45) is 11.7 Å². The van der Waals surface area contributed by atoms with Crippen molar-refractivity contribution in [2.45, 2.75) is 27.7 Å². The third kappa shape index (κ3) is 17.6. The first-order chi connectivity index (χ1) is 4.91. The Kier molecular flexibility index (Phi) is 8.20. The lowest BCUT2D eigenvalue weighted by molar-refractivity contribution is -0.140. The molecule has 0 unspecified atom stereocenters. The lowest BCUT2D eigenvalue weighted by atomic mass is 10.2. The summed E-state index contributed by atoms with van der Waals surface area (Å²) in [5, 5.41) is 7.99. The van der Waals surface area contributed by atoms with Crippen LogP contribution in [0.1, 0.15) is 27.7 Å². The Labute approximate surface area is 67.9 Å². The van der Waals surface area contributed by atoms with E-state index in [0.717, 1.165) is 5.57 Å². The molecule has 3 N–H and O–H groups in total. The molecule has 0 amide bonds. The number of aliphatic carboxylic acids is 1. The summed E-state index contributed by atoms with van der Waals surface area (Å²) in [5.74, 6) is -0.972. The molecule has 0 aromatic carbocycles. The standard InChI is InChI=1S/C4H9N.C4H8O2/c1-4(2)3-5;1-3(2)4(5)6/h3H,5H2,1-2H3;3H,1-2H3,(H,5,6). The largest absolute Gasteiger partial charge is 0.481 e. The Bertz CT molecular complexity index is 135. The first-order valence-electron chi connectivity index (χ1n) is 3.49. The van der Waals surface area contributed by atoms with Gasteiger partial charge in [0.05, 0.1) is 5.92 Å². The van der Waals surface area contributed by atoms with E-state index in [-0.39, 0.29) is 5.92 Å². The molecule has 0 aromatic rings. The smallest absolute Gasteiger partial charge is 0.305 e. The third-order valence-corrected chi connectivity index (χ3v) is 0.827. The highest BCUT2D eigenvalue weighted by Crippen LogP contribution is 1.87. The van der Waals surface area contributed by atoms with Crippen molar-refractivity contribution in [3.63, 3.8) is 0 Å². The number of carboxylic acids is 1. The van der Waals surface area contributed by atoms with Crippen molar-refractivity contribution >= 4 is 5.97 Å². The first-order valence-corrected chi connectivity index (χ1v) is 3.49. The van der Waals surface area contributed by atoms with E-state index < -0.39 is 5.97 Å². The van der Waals surface area contributed by atoms with E-state index in [4.69, 9.17) is 10.8 Å². The van der Waals surface area contributed by atoms with Gasteiger partial charge in [-0.3, -0.25) is 4.79 Å². The second-order valence-corrected chi connectivity index (χ2v) is 2.74. The normalized spacial score (nSPS) is 8.09. The lowest BCUT2D eigenvalue weighted by Crippen LogP contribution is -2.03. The highest BCUT2D eigenvalue weighted by atomic mass is 16.4. The van der Waals surface area contributed by atoms with Crippen LogP contribution in [0.15, 0.2) is 11.8 Å². The summed E-state index contributed by atoms with van der Waals surface area (Å²) in [6.45, 7) is 7.20. The van der Waals surface area contributed by atoms with Crippen LogP contribution in [0.3, 0.4) is 0 Å². The van der Waals surface area contributed by atoms with Crippen LogP contribution in [0.4, 0.5) is 0 Å². The van der Waals surface area contributed by atoms with Gasteiger partial charge in [-0.2, -0.15) is 0 Å². The molecule has 3 nitrogen and oxygen atoms in total. The van der Waals surface area contributed by atoms with Crippen molar-refractivity contribution in [3.8, 4) is 0 Å². The number of carboxylic acid groups (broad SMARTS) is 1. The van der Waals surface area contributed by atoms with Gasteiger partial charge in [-0.05, 0) is 20.0 Å². The zero-order chi connectivity index (χ0) is 9.44. The predicted octanol–water partition coefficient (Wildman–Crippen LogP) is 1.60. The van der Waals surface area contributed by atoms with E-state index in [0.29, 0.717) is 0 Å². The maximum Gasteiger partial charge on any atom is 0.305 e. The molecule has 0 atom stereocenters. The molecule has 0 fully saturated rings. The van der Waals surface area contributed by atoms with Crippen molar-refractivity contribution in [3.05, 3.63) is 11.8 Å². The van der Waals surface area contributed by atoms with Gasteiger partial charge < -0.3 is 10.8 Å². The van der Waals surface area contributed by atoms with Gasteiger partial charge >= 0.3 is 5.97 Å². The number of carbonyl (C=O) groups is 1. The van der Waals surface area contributed by atoms with Crippen LogP contribution in [-0.2, 0) is 4.79 Å². The van der Waals surface area contributed by atoms with Gasteiger partial charge in [0.1, 0.15) is 0 Å². The molecule has 0 bridgehead atoms. The zero-order valence-electron chi connectivity index (χ0n) is 7.59. The minimum absolute atomic E-state index is 0.231. The summed E-state index contributed by atoms with van der Waals surface area (Å²) in [6.07, 6.45) is 1.58. The first kappa shape index (κ1) is 12.7. The molecule has 11 heavy (non-hydrogen) atoms. The molecule has 0 saturated heterocycles. The summed E-state index contributed by atoms with van der Waals surface area (Å²) in [5.41, 5.74) is 6.17. The molecule has 0 spiro atoms. The Balaban J connectivity index is 0. The minimum Gasteiger partial charge on any atom is -0.481 e. The lowest BCUT2D eigenvalue weighted by Gasteiger charge is -1.89. The Morgan fingerprint density at radius 3 is 1.64 bits per heavy atom. The highest BCUT2D eigenvalue weighted by molar-refractivity contribution is 5.68. The van der Waals surface area contributed by atoms with Crippen LogP contribution in [0.2, 0.25) is 0 Å². The summed E-state index contributed by atoms with van der Waals surface area (Å²) in [7, 11) is 0. The monoisotopic (exact) mass is 159 g/mol. The van der Waals surface area contributed by atoms with Crippen LogP contribution in [0.5, 0.6) is 0 Å². The van der Waals surface area contributed by atoms with Crippen molar-refractivity contribution in [1.82, 2.24) is 0 Å². The fraction of sp³-hybridized carbons (Fsp3) is 0.625. The summed E-state index contributed by atoms with van der Waals surface area (Å²) < 4.78 is 0. The molecule has 3 heteroatoms. The van der Waals surface area contributed by atoms with Crippen LogP contribution >= 0.6 is 0 Å². The maximum absolute atomic E-state index is 9.70. The predicted molar refractivity (Wildman–Crippen MR) is 46.1 cm³/mol. The van der Waals surface area contributed by atoms with Gasteiger partial charge in [0.15, 0.2) is 0 Å². The van der Waals surface area contributed by atoms with Crippen molar-refractivity contribution in [2.75, 3.05) is 0 Å². The molecular formula is C8H17NO2. The average Bonchev–Trinajstić information content (AvgIpc) is 1.89. The van der Waals surface area contributed by atoms with Gasteiger partial charge in [0.25, 0.3) is 0 Å². The average molecular weight is 159 g/mol. The molecule has 0 aliphatic rings. The van der Waals surface area contributed by atoms with E-state index in [1.807, 2.05) is 13.8 Å². The Hall–Kier alpha value is -0.990. The van der Waals surface area contributed by atoms with E-state index in [1.165, 1.54) is 0 Å². The zero-order valence-corrected chi connectivity index (χ0v) is 7.59. The fourth-order valence-electron chi connectivity index (χ4n) is 0. The fourth-order valence-corrected chi connectivity index (χ4v) is 0. The number of hydrogen-bond donors (Lipinski definition) is 2. The molecule has 0 aromatic heterocycles. The second-order valence-electron chi connectivity index (χ2n) is 2.74. The van der Waals surface area contributed by atoms with Crippen LogP contribution in [0.25, 0.3) is 0 Å². The summed E-state index contributed by atoms with van der Waals surface area (Å²) in [6, 6.07) is 0. The van der Waals surface area contributed by atoms with Gasteiger partial charge in [0.2, 0.25) is 0 Å². The Morgan fingerprint density at radius 2 is 1.64 bits per heavy atom. The van der Waals surface area contributed by atoms with Gasteiger partial charge in [0, 0.05) is 0 Å². The molecule has 0 radical (unpaired) electrons. The summed E-state index contributed by atoms with van der Waals surface area (Å²) >= 11 is 0.